The Labute approximate surface area is 144 Å². The largest absolute Gasteiger partial charge is 0.274 e. The minimum absolute atomic E-state index is 0.0274. The zero-order chi connectivity index (χ0) is 16.6. The van der Waals surface area contributed by atoms with Crippen LogP contribution in [-0.2, 0) is 9.59 Å². The monoisotopic (exact) mass is 347 g/mol. The Morgan fingerprint density at radius 1 is 1.04 bits per heavy atom. The minimum atomic E-state index is -0.362. The van der Waals surface area contributed by atoms with Crippen LogP contribution in [0, 0.1) is 5.92 Å². The van der Waals surface area contributed by atoms with Crippen LogP contribution in [0.2, 0.25) is 10.0 Å². The highest BCUT2D eigenvalue weighted by Crippen LogP contribution is 2.37. The number of nitrogens with zero attached hydrogens (tertiary/aromatic N) is 1. The highest BCUT2D eigenvalue weighted by atomic mass is 35.5. The molecule has 3 nitrogen and oxygen atoms in total. The molecule has 2 aromatic carbocycles. The zero-order valence-corrected chi connectivity index (χ0v) is 14.0. The van der Waals surface area contributed by atoms with Gasteiger partial charge in [-0.3, -0.25) is 14.5 Å². The Morgan fingerprint density at radius 2 is 1.74 bits per heavy atom. The van der Waals surface area contributed by atoms with Gasteiger partial charge in [0.2, 0.25) is 11.8 Å². The molecule has 0 saturated carbocycles. The van der Waals surface area contributed by atoms with E-state index in [9.17, 15) is 9.59 Å². The lowest BCUT2D eigenvalue weighted by molar-refractivity contribution is -0.122. The molecule has 0 spiro atoms. The Morgan fingerprint density at radius 3 is 2.39 bits per heavy atom. The maximum Gasteiger partial charge on any atom is 0.237 e. The van der Waals surface area contributed by atoms with Crippen molar-refractivity contribution in [3.8, 4) is 0 Å². The molecule has 23 heavy (non-hydrogen) atoms. The van der Waals surface area contributed by atoms with Gasteiger partial charge in [0.15, 0.2) is 0 Å². The van der Waals surface area contributed by atoms with E-state index in [0.29, 0.717) is 15.7 Å². The first-order valence-corrected chi connectivity index (χ1v) is 8.11. The van der Waals surface area contributed by atoms with Gasteiger partial charge in [0.05, 0.1) is 21.7 Å². The minimum Gasteiger partial charge on any atom is -0.274 e. The van der Waals surface area contributed by atoms with E-state index in [1.54, 1.807) is 18.2 Å². The standard InChI is InChI=1S/C18H15Cl2NO2/c1-11(12-5-3-2-4-6-12)14-10-17(22)21(18(14)23)13-7-8-15(19)16(20)9-13/h2-9,11,14H,10H2,1H3/t11-,14+/m1/s1. The number of benzene rings is 2. The van der Waals surface area contributed by atoms with E-state index >= 15 is 0 Å². The van der Waals surface area contributed by atoms with Gasteiger partial charge in [0.1, 0.15) is 0 Å². The van der Waals surface area contributed by atoms with Crippen LogP contribution in [0.1, 0.15) is 24.8 Å². The molecule has 0 unspecified atom stereocenters. The second-order valence-corrected chi connectivity index (χ2v) is 6.49. The summed E-state index contributed by atoms with van der Waals surface area (Å²) < 4.78 is 0. The molecule has 2 amide bonds. The van der Waals surface area contributed by atoms with Crippen molar-refractivity contribution >= 4 is 40.7 Å². The number of carbonyl (C=O) groups is 2. The lowest BCUT2D eigenvalue weighted by Gasteiger charge is -2.19. The number of carbonyl (C=O) groups excluding carboxylic acids is 2. The fraction of sp³-hybridized carbons (Fsp3) is 0.222. The van der Waals surface area contributed by atoms with Crippen molar-refractivity contribution in [3.63, 3.8) is 0 Å². The summed E-state index contributed by atoms with van der Waals surface area (Å²) in [6, 6.07) is 14.5. The Kier molecular flexibility index (Phi) is 4.42. The second kappa shape index (κ2) is 6.34. The fourth-order valence-corrected chi connectivity index (χ4v) is 3.22. The van der Waals surface area contributed by atoms with Gasteiger partial charge in [0.25, 0.3) is 0 Å². The molecule has 0 aromatic heterocycles. The van der Waals surface area contributed by atoms with Gasteiger partial charge < -0.3 is 0 Å². The van der Waals surface area contributed by atoms with Crippen LogP contribution in [-0.4, -0.2) is 11.8 Å². The highest BCUT2D eigenvalue weighted by molar-refractivity contribution is 6.42. The summed E-state index contributed by atoms with van der Waals surface area (Å²) in [4.78, 5) is 26.3. The van der Waals surface area contributed by atoms with Crippen molar-refractivity contribution in [1.29, 1.82) is 0 Å². The van der Waals surface area contributed by atoms with Crippen molar-refractivity contribution in [3.05, 3.63) is 64.1 Å². The Balaban J connectivity index is 1.89. The number of amides is 2. The summed E-state index contributed by atoms with van der Waals surface area (Å²) >= 11 is 11.9. The molecule has 1 aliphatic rings. The van der Waals surface area contributed by atoms with Gasteiger partial charge in [-0.1, -0.05) is 60.5 Å². The summed E-state index contributed by atoms with van der Waals surface area (Å²) in [6.07, 6.45) is 0.204. The second-order valence-electron chi connectivity index (χ2n) is 5.68. The number of rotatable bonds is 3. The van der Waals surface area contributed by atoms with Gasteiger partial charge >= 0.3 is 0 Å². The molecule has 118 valence electrons. The first-order chi connectivity index (χ1) is 11.0. The summed E-state index contributed by atoms with van der Waals surface area (Å²) in [7, 11) is 0. The SMILES string of the molecule is C[C@H](c1ccccc1)[C@@H]1CC(=O)N(c2ccc(Cl)c(Cl)c2)C1=O. The molecule has 2 atom stereocenters. The number of imide groups is 1. The highest BCUT2D eigenvalue weighted by Gasteiger charge is 2.42. The topological polar surface area (TPSA) is 37.4 Å². The van der Waals surface area contributed by atoms with Gasteiger partial charge in [-0.25, -0.2) is 0 Å². The summed E-state index contributed by atoms with van der Waals surface area (Å²) in [5.74, 6) is -0.786. The number of hydrogen-bond acceptors (Lipinski definition) is 2. The normalized spacial score (nSPS) is 19.3. The van der Waals surface area contributed by atoms with Crippen molar-refractivity contribution in [2.24, 2.45) is 5.92 Å². The number of halogens is 2. The molecule has 3 rings (SSSR count). The van der Waals surface area contributed by atoms with Gasteiger partial charge in [-0.2, -0.15) is 0 Å². The van der Waals surface area contributed by atoms with Crippen molar-refractivity contribution in [2.45, 2.75) is 19.3 Å². The molecular formula is C18H15Cl2NO2. The molecule has 2 aromatic rings. The summed E-state index contributed by atoms with van der Waals surface area (Å²) in [6.45, 7) is 1.98. The third-order valence-corrected chi connectivity index (χ3v) is 5.01. The van der Waals surface area contributed by atoms with E-state index in [4.69, 9.17) is 23.2 Å². The fourth-order valence-electron chi connectivity index (χ4n) is 2.93. The predicted octanol–water partition coefficient (Wildman–Crippen LogP) is 4.68. The van der Waals surface area contributed by atoms with Crippen molar-refractivity contribution in [2.75, 3.05) is 4.90 Å². The molecule has 1 heterocycles. The third kappa shape index (κ3) is 2.99. The van der Waals surface area contributed by atoms with Crippen LogP contribution < -0.4 is 4.90 Å². The van der Waals surface area contributed by atoms with Crippen LogP contribution in [0.15, 0.2) is 48.5 Å². The summed E-state index contributed by atoms with van der Waals surface area (Å²) in [5, 5.41) is 0.716. The van der Waals surface area contributed by atoms with Gasteiger partial charge in [-0.05, 0) is 29.7 Å². The van der Waals surface area contributed by atoms with Crippen LogP contribution in [0.3, 0.4) is 0 Å². The van der Waals surface area contributed by atoms with Gasteiger partial charge in [-0.15, -0.1) is 0 Å². The van der Waals surface area contributed by atoms with Crippen LogP contribution in [0.25, 0.3) is 0 Å². The lowest BCUT2D eigenvalue weighted by atomic mass is 9.86. The molecule has 1 aliphatic heterocycles. The molecule has 1 saturated heterocycles. The van der Waals surface area contributed by atoms with Crippen molar-refractivity contribution < 1.29 is 9.59 Å². The molecule has 0 N–H and O–H groups in total. The Hall–Kier alpha value is -1.84. The van der Waals surface area contributed by atoms with Crippen molar-refractivity contribution in [1.82, 2.24) is 0 Å². The first-order valence-electron chi connectivity index (χ1n) is 7.36. The van der Waals surface area contributed by atoms with E-state index in [0.717, 1.165) is 5.56 Å². The third-order valence-electron chi connectivity index (χ3n) is 4.27. The lowest BCUT2D eigenvalue weighted by Crippen LogP contribution is -2.31. The average Bonchev–Trinajstić information content (AvgIpc) is 2.85. The molecule has 0 radical (unpaired) electrons. The predicted molar refractivity (Wildman–Crippen MR) is 91.9 cm³/mol. The first kappa shape index (κ1) is 16.0. The van der Waals surface area contributed by atoms with E-state index in [2.05, 4.69) is 0 Å². The Bertz CT molecular complexity index is 761. The van der Waals surface area contributed by atoms with E-state index in [1.165, 1.54) is 4.90 Å². The van der Waals surface area contributed by atoms with E-state index in [1.807, 2.05) is 37.3 Å². The molecule has 1 fully saturated rings. The zero-order valence-electron chi connectivity index (χ0n) is 12.5. The van der Waals surface area contributed by atoms with Crippen LogP contribution >= 0.6 is 23.2 Å². The molecule has 5 heteroatoms. The maximum atomic E-state index is 12.8. The van der Waals surface area contributed by atoms with E-state index < -0.39 is 0 Å². The van der Waals surface area contributed by atoms with Crippen LogP contribution in [0.4, 0.5) is 5.69 Å². The quantitative estimate of drug-likeness (QED) is 0.756. The number of hydrogen-bond donors (Lipinski definition) is 0. The van der Waals surface area contributed by atoms with Gasteiger partial charge in [0, 0.05) is 6.42 Å². The van der Waals surface area contributed by atoms with Crippen LogP contribution in [0.5, 0.6) is 0 Å². The summed E-state index contributed by atoms with van der Waals surface area (Å²) in [5.41, 5.74) is 1.52. The molecule has 0 aliphatic carbocycles. The number of anilines is 1. The van der Waals surface area contributed by atoms with E-state index in [-0.39, 0.29) is 30.1 Å². The molecule has 0 bridgehead atoms. The smallest absolute Gasteiger partial charge is 0.237 e. The average molecular weight is 348 g/mol. The maximum absolute atomic E-state index is 12.8. The molecular weight excluding hydrogens is 333 g/mol.